The predicted molar refractivity (Wildman–Crippen MR) is 73.0 cm³/mol. The van der Waals surface area contributed by atoms with E-state index in [1.54, 1.807) is 31.2 Å². The zero-order valence-electron chi connectivity index (χ0n) is 11.5. The van der Waals surface area contributed by atoms with E-state index in [-0.39, 0.29) is 11.9 Å². The van der Waals surface area contributed by atoms with Crippen LogP contribution >= 0.6 is 0 Å². The van der Waals surface area contributed by atoms with Crippen molar-refractivity contribution in [2.75, 3.05) is 0 Å². The van der Waals surface area contributed by atoms with Crippen molar-refractivity contribution in [1.82, 2.24) is 10.6 Å². The number of amides is 2. The molecule has 1 rings (SSSR count). The van der Waals surface area contributed by atoms with Crippen LogP contribution in [0.2, 0.25) is 0 Å². The van der Waals surface area contributed by atoms with Gasteiger partial charge in [0.15, 0.2) is 0 Å². The summed E-state index contributed by atoms with van der Waals surface area (Å²) >= 11 is 0. The molecule has 0 heterocycles. The highest BCUT2D eigenvalue weighted by molar-refractivity contribution is 5.85. The Hall–Kier alpha value is -2.04. The Balaban J connectivity index is 2.41. The number of ether oxygens (including phenoxy) is 1. The second-order valence-corrected chi connectivity index (χ2v) is 4.39. The fraction of sp³-hybridized carbons (Fsp3) is 0.429. The standard InChI is InChI=1S/C14H20N2O3/c1-4-10(2)15-13(17)11(3)16-14(18)19-12-8-6-5-7-9-12/h5-11H,4H2,1-3H3,(H,15,17)(H,16,18). The molecule has 1 aromatic rings. The third-order valence-corrected chi connectivity index (χ3v) is 2.68. The minimum Gasteiger partial charge on any atom is -0.410 e. The molecule has 2 amide bonds. The highest BCUT2D eigenvalue weighted by Crippen LogP contribution is 2.08. The average molecular weight is 264 g/mol. The molecule has 0 aromatic heterocycles. The van der Waals surface area contributed by atoms with Crippen molar-refractivity contribution in [2.24, 2.45) is 0 Å². The Morgan fingerprint density at radius 2 is 1.79 bits per heavy atom. The summed E-state index contributed by atoms with van der Waals surface area (Å²) in [6, 6.07) is 8.15. The maximum absolute atomic E-state index is 11.7. The Morgan fingerprint density at radius 1 is 1.16 bits per heavy atom. The molecule has 104 valence electrons. The average Bonchev–Trinajstić information content (AvgIpc) is 2.39. The zero-order valence-corrected chi connectivity index (χ0v) is 11.5. The molecule has 0 aliphatic carbocycles. The summed E-state index contributed by atoms with van der Waals surface area (Å²) in [4.78, 5) is 23.3. The quantitative estimate of drug-likeness (QED) is 0.855. The lowest BCUT2D eigenvalue weighted by atomic mass is 10.2. The van der Waals surface area contributed by atoms with E-state index in [4.69, 9.17) is 4.74 Å². The molecule has 0 aliphatic heterocycles. The molecule has 0 bridgehead atoms. The van der Waals surface area contributed by atoms with Gasteiger partial charge in [-0.15, -0.1) is 0 Å². The summed E-state index contributed by atoms with van der Waals surface area (Å²) < 4.78 is 5.04. The summed E-state index contributed by atoms with van der Waals surface area (Å²) in [6.07, 6.45) is 0.199. The van der Waals surface area contributed by atoms with Crippen molar-refractivity contribution in [1.29, 1.82) is 0 Å². The third kappa shape index (κ3) is 5.42. The van der Waals surface area contributed by atoms with E-state index >= 15 is 0 Å². The van der Waals surface area contributed by atoms with Gasteiger partial charge in [-0.1, -0.05) is 25.1 Å². The first kappa shape index (κ1) is 15.0. The normalized spacial score (nSPS) is 13.2. The first-order valence-corrected chi connectivity index (χ1v) is 6.36. The van der Waals surface area contributed by atoms with Crippen molar-refractivity contribution < 1.29 is 14.3 Å². The van der Waals surface area contributed by atoms with E-state index < -0.39 is 12.1 Å². The second-order valence-electron chi connectivity index (χ2n) is 4.39. The Labute approximate surface area is 113 Å². The number of nitrogens with one attached hydrogen (secondary N) is 2. The first-order chi connectivity index (χ1) is 9.02. The Bertz CT molecular complexity index is 420. The van der Waals surface area contributed by atoms with Crippen LogP contribution in [0, 0.1) is 0 Å². The van der Waals surface area contributed by atoms with E-state index in [2.05, 4.69) is 10.6 Å². The molecule has 5 nitrogen and oxygen atoms in total. The number of hydrogen-bond donors (Lipinski definition) is 2. The van der Waals surface area contributed by atoms with Gasteiger partial charge in [0.2, 0.25) is 5.91 Å². The van der Waals surface area contributed by atoms with Crippen molar-refractivity contribution in [3.8, 4) is 5.75 Å². The molecular weight excluding hydrogens is 244 g/mol. The second kappa shape index (κ2) is 7.41. The van der Waals surface area contributed by atoms with E-state index in [0.29, 0.717) is 5.75 Å². The Morgan fingerprint density at radius 3 is 2.37 bits per heavy atom. The van der Waals surface area contributed by atoms with E-state index in [1.807, 2.05) is 19.9 Å². The molecule has 5 heteroatoms. The van der Waals surface area contributed by atoms with Crippen LogP contribution in [0.1, 0.15) is 27.2 Å². The van der Waals surface area contributed by atoms with Gasteiger partial charge >= 0.3 is 6.09 Å². The summed E-state index contributed by atoms with van der Waals surface area (Å²) in [6.45, 7) is 5.50. The maximum atomic E-state index is 11.7. The topological polar surface area (TPSA) is 67.4 Å². The monoisotopic (exact) mass is 264 g/mol. The molecule has 2 atom stereocenters. The lowest BCUT2D eigenvalue weighted by Crippen LogP contribution is -2.48. The number of benzene rings is 1. The summed E-state index contributed by atoms with van der Waals surface area (Å²) in [5, 5.41) is 5.27. The first-order valence-electron chi connectivity index (χ1n) is 6.36. The van der Waals surface area contributed by atoms with E-state index in [1.165, 1.54) is 0 Å². The van der Waals surface area contributed by atoms with Gasteiger partial charge in [-0.2, -0.15) is 0 Å². The van der Waals surface area contributed by atoms with Gasteiger partial charge in [0.1, 0.15) is 11.8 Å². The number of hydrogen-bond acceptors (Lipinski definition) is 3. The maximum Gasteiger partial charge on any atom is 0.413 e. The van der Waals surface area contributed by atoms with Crippen molar-refractivity contribution >= 4 is 12.0 Å². The van der Waals surface area contributed by atoms with Crippen LogP contribution in [0.15, 0.2) is 30.3 Å². The molecule has 0 saturated carbocycles. The SMILES string of the molecule is CCC(C)NC(=O)C(C)NC(=O)Oc1ccccc1. The van der Waals surface area contributed by atoms with Crippen LogP contribution in [0.4, 0.5) is 4.79 Å². The summed E-state index contributed by atoms with van der Waals surface area (Å²) in [5.41, 5.74) is 0. The zero-order chi connectivity index (χ0) is 14.3. The minimum atomic E-state index is -0.641. The fourth-order valence-electron chi connectivity index (χ4n) is 1.34. The van der Waals surface area contributed by atoms with E-state index in [0.717, 1.165) is 6.42 Å². The molecule has 0 radical (unpaired) electrons. The van der Waals surface area contributed by atoms with Gasteiger partial charge in [0.25, 0.3) is 0 Å². The predicted octanol–water partition coefficient (Wildman–Crippen LogP) is 2.08. The van der Waals surface area contributed by atoms with Crippen LogP contribution in [0.25, 0.3) is 0 Å². The molecule has 0 spiro atoms. The van der Waals surface area contributed by atoms with Crippen LogP contribution in [0.3, 0.4) is 0 Å². The molecule has 2 N–H and O–H groups in total. The van der Waals surface area contributed by atoms with Crippen molar-refractivity contribution in [3.63, 3.8) is 0 Å². The van der Waals surface area contributed by atoms with Gasteiger partial charge in [-0.3, -0.25) is 4.79 Å². The molecule has 2 unspecified atom stereocenters. The number of rotatable bonds is 5. The molecule has 1 aromatic carbocycles. The van der Waals surface area contributed by atoms with Gasteiger partial charge < -0.3 is 15.4 Å². The molecule has 0 fully saturated rings. The Kier molecular flexibility index (Phi) is 5.85. The van der Waals surface area contributed by atoms with Crippen LogP contribution in [-0.4, -0.2) is 24.1 Å². The molecule has 19 heavy (non-hydrogen) atoms. The number of para-hydroxylation sites is 1. The van der Waals surface area contributed by atoms with Gasteiger partial charge in [-0.25, -0.2) is 4.79 Å². The van der Waals surface area contributed by atoms with Crippen molar-refractivity contribution in [3.05, 3.63) is 30.3 Å². The van der Waals surface area contributed by atoms with Crippen LogP contribution in [-0.2, 0) is 4.79 Å². The smallest absolute Gasteiger partial charge is 0.410 e. The molecule has 0 saturated heterocycles. The van der Waals surface area contributed by atoms with Gasteiger partial charge in [0, 0.05) is 6.04 Å². The van der Waals surface area contributed by atoms with Gasteiger partial charge in [0.05, 0.1) is 0 Å². The lowest BCUT2D eigenvalue weighted by Gasteiger charge is -2.17. The largest absolute Gasteiger partial charge is 0.413 e. The van der Waals surface area contributed by atoms with Crippen LogP contribution < -0.4 is 15.4 Å². The third-order valence-electron chi connectivity index (χ3n) is 2.68. The van der Waals surface area contributed by atoms with E-state index in [9.17, 15) is 9.59 Å². The van der Waals surface area contributed by atoms with Crippen LogP contribution in [0.5, 0.6) is 5.75 Å². The highest BCUT2D eigenvalue weighted by atomic mass is 16.6. The van der Waals surface area contributed by atoms with Gasteiger partial charge in [-0.05, 0) is 32.4 Å². The lowest BCUT2D eigenvalue weighted by molar-refractivity contribution is -0.123. The fourth-order valence-corrected chi connectivity index (χ4v) is 1.34. The number of carbonyl (C=O) groups is 2. The molecular formula is C14H20N2O3. The summed E-state index contributed by atoms with van der Waals surface area (Å²) in [5.74, 6) is 0.217. The summed E-state index contributed by atoms with van der Waals surface area (Å²) in [7, 11) is 0. The minimum absolute atomic E-state index is 0.0851. The highest BCUT2D eigenvalue weighted by Gasteiger charge is 2.17. The number of carbonyl (C=O) groups excluding carboxylic acids is 2. The van der Waals surface area contributed by atoms with Crippen molar-refractivity contribution in [2.45, 2.75) is 39.3 Å². The molecule has 0 aliphatic rings.